The van der Waals surface area contributed by atoms with Crippen LogP contribution in [0.1, 0.15) is 115 Å². The number of ether oxygens (including phenoxy) is 2. The monoisotopic (exact) mass is 745 g/mol. The summed E-state index contributed by atoms with van der Waals surface area (Å²) in [4.78, 5) is 44.6. The summed E-state index contributed by atoms with van der Waals surface area (Å²) in [5.41, 5.74) is 3.57. The van der Waals surface area contributed by atoms with E-state index < -0.39 is 0 Å². The van der Waals surface area contributed by atoms with Crippen molar-refractivity contribution in [3.05, 3.63) is 65.2 Å². The Morgan fingerprint density at radius 2 is 1.50 bits per heavy atom. The van der Waals surface area contributed by atoms with E-state index in [1.807, 2.05) is 58.2 Å². The number of likely N-dealkylation sites (N-methyl/N-ethyl adjacent to an activating group) is 2. The van der Waals surface area contributed by atoms with Gasteiger partial charge in [0.25, 0.3) is 0 Å². The van der Waals surface area contributed by atoms with Gasteiger partial charge in [0, 0.05) is 75.0 Å². The molecule has 2 fully saturated rings. The van der Waals surface area contributed by atoms with Crippen molar-refractivity contribution < 1.29 is 19.1 Å². The molecule has 3 atom stereocenters. The minimum Gasteiger partial charge on any atom is -0.461 e. The number of rotatable bonds is 16. The molecule has 0 spiro atoms. The van der Waals surface area contributed by atoms with Crippen LogP contribution in [0.3, 0.4) is 0 Å². The van der Waals surface area contributed by atoms with Crippen molar-refractivity contribution in [3.63, 3.8) is 0 Å². The molecule has 12 heteroatoms. The second-order valence-corrected chi connectivity index (χ2v) is 17.5. The lowest BCUT2D eigenvalue weighted by Gasteiger charge is -2.28. The minimum atomic E-state index is -0.308. The van der Waals surface area contributed by atoms with Crippen molar-refractivity contribution in [2.45, 2.75) is 126 Å². The zero-order chi connectivity index (χ0) is 39.0. The van der Waals surface area contributed by atoms with Crippen LogP contribution < -0.4 is 9.80 Å². The highest BCUT2D eigenvalue weighted by Crippen LogP contribution is 2.29. The average molecular weight is 745 g/mol. The van der Waals surface area contributed by atoms with Gasteiger partial charge in [-0.3, -0.25) is 19.7 Å². The molecule has 2 saturated heterocycles. The SMILES string of the molecule is CCN(Cc1cc(CN(CC)[C@@H]2CCN(c3ncccc3COC(=O)CC(C)(C)C)C2)[nH]n1)[C@@H]1CCN(c2ncccc2C(=O)OC(C)CC(C)(C)C)C1. The number of aromatic nitrogens is 4. The highest BCUT2D eigenvalue weighted by molar-refractivity contribution is 5.95. The van der Waals surface area contributed by atoms with Crippen LogP contribution in [0.25, 0.3) is 0 Å². The smallest absolute Gasteiger partial charge is 0.342 e. The van der Waals surface area contributed by atoms with E-state index in [4.69, 9.17) is 19.6 Å². The zero-order valence-corrected chi connectivity index (χ0v) is 34.2. The maximum Gasteiger partial charge on any atom is 0.342 e. The first-order chi connectivity index (χ1) is 25.6. The Morgan fingerprint density at radius 1 is 0.889 bits per heavy atom. The number of pyridine rings is 2. The Hall–Kier alpha value is -4.03. The molecule has 5 heterocycles. The van der Waals surface area contributed by atoms with E-state index in [1.165, 1.54) is 0 Å². The van der Waals surface area contributed by atoms with E-state index in [0.717, 1.165) is 94.4 Å². The number of aromatic amines is 1. The van der Waals surface area contributed by atoms with Gasteiger partial charge in [-0.1, -0.05) is 61.5 Å². The van der Waals surface area contributed by atoms with Gasteiger partial charge in [-0.15, -0.1) is 0 Å². The topological polar surface area (TPSA) is 120 Å². The van der Waals surface area contributed by atoms with E-state index in [2.05, 4.69) is 70.4 Å². The molecule has 3 aromatic rings. The number of carbonyl (C=O) groups is 2. The van der Waals surface area contributed by atoms with Crippen LogP contribution in [-0.2, 0) is 34.0 Å². The molecular formula is C42H64N8O4. The van der Waals surface area contributed by atoms with Gasteiger partial charge in [0.15, 0.2) is 0 Å². The van der Waals surface area contributed by atoms with Crippen molar-refractivity contribution in [1.82, 2.24) is 30.0 Å². The molecular weight excluding hydrogens is 681 g/mol. The lowest BCUT2D eigenvalue weighted by Crippen LogP contribution is -2.37. The zero-order valence-electron chi connectivity index (χ0n) is 34.2. The fraction of sp³-hybridized carbons (Fsp3) is 0.643. The molecule has 0 radical (unpaired) electrons. The highest BCUT2D eigenvalue weighted by atomic mass is 16.5. The van der Waals surface area contributed by atoms with Crippen LogP contribution in [0.2, 0.25) is 0 Å². The Balaban J connectivity index is 1.15. The summed E-state index contributed by atoms with van der Waals surface area (Å²) in [6, 6.07) is 10.4. The standard InChI is InChI=1S/C42H64N8O4/c1-10-47(34-16-20-49(27-34)38-31(14-12-18-43-38)29-53-37(51)24-42(7,8)9)25-32-22-33(46-45-32)26-48(11-2)35-17-21-50(28-35)39-36(15-13-19-44-39)40(52)54-30(3)23-41(4,5)6/h12-15,18-19,22,30,34-35H,10-11,16-17,20-21,23-29H2,1-9H3,(H,45,46)/t30?,34-,35-/m1/s1. The Morgan fingerprint density at radius 3 is 2.13 bits per heavy atom. The third-order valence-electron chi connectivity index (χ3n) is 10.3. The molecule has 2 aliphatic heterocycles. The number of carbonyl (C=O) groups excluding carboxylic acids is 2. The van der Waals surface area contributed by atoms with Crippen molar-refractivity contribution in [1.29, 1.82) is 0 Å². The predicted molar refractivity (Wildman–Crippen MR) is 213 cm³/mol. The predicted octanol–water partition coefficient (Wildman–Crippen LogP) is 6.86. The maximum atomic E-state index is 13.3. The molecule has 3 aromatic heterocycles. The van der Waals surface area contributed by atoms with Gasteiger partial charge >= 0.3 is 11.9 Å². The molecule has 0 amide bonds. The normalized spacial score (nSPS) is 18.5. The molecule has 1 N–H and O–H groups in total. The first-order valence-electron chi connectivity index (χ1n) is 19.9. The van der Waals surface area contributed by atoms with Crippen molar-refractivity contribution >= 4 is 23.6 Å². The third kappa shape index (κ3) is 11.5. The van der Waals surface area contributed by atoms with Crippen LogP contribution in [-0.4, -0.2) is 99.4 Å². The largest absolute Gasteiger partial charge is 0.461 e. The van der Waals surface area contributed by atoms with Gasteiger partial charge in [0.2, 0.25) is 0 Å². The molecule has 0 saturated carbocycles. The summed E-state index contributed by atoms with van der Waals surface area (Å²) in [6.07, 6.45) is 6.59. The molecule has 12 nitrogen and oxygen atoms in total. The number of nitrogens with one attached hydrogen (secondary N) is 1. The highest BCUT2D eigenvalue weighted by Gasteiger charge is 2.32. The summed E-state index contributed by atoms with van der Waals surface area (Å²) >= 11 is 0. The van der Waals surface area contributed by atoms with Gasteiger partial charge < -0.3 is 19.3 Å². The molecule has 0 aromatic carbocycles. The summed E-state index contributed by atoms with van der Waals surface area (Å²) in [5.74, 6) is 1.12. The number of hydrogen-bond donors (Lipinski definition) is 1. The van der Waals surface area contributed by atoms with Gasteiger partial charge in [0.05, 0.1) is 18.2 Å². The lowest BCUT2D eigenvalue weighted by molar-refractivity contribution is -0.147. The first-order valence-corrected chi connectivity index (χ1v) is 19.9. The van der Waals surface area contributed by atoms with E-state index in [9.17, 15) is 9.59 Å². The summed E-state index contributed by atoms with van der Waals surface area (Å²) in [6.45, 7) is 25.9. The maximum absolute atomic E-state index is 13.3. The van der Waals surface area contributed by atoms with Crippen LogP contribution in [0.15, 0.2) is 42.7 Å². The number of H-pyrrole nitrogens is 1. The van der Waals surface area contributed by atoms with E-state index >= 15 is 0 Å². The van der Waals surface area contributed by atoms with Gasteiger partial charge in [-0.05, 0) is 74.4 Å². The number of nitrogens with zero attached hydrogens (tertiary/aromatic N) is 7. The van der Waals surface area contributed by atoms with Crippen LogP contribution in [0.4, 0.5) is 11.6 Å². The Kier molecular flexibility index (Phi) is 13.8. The van der Waals surface area contributed by atoms with Crippen molar-refractivity contribution in [2.24, 2.45) is 10.8 Å². The molecule has 0 bridgehead atoms. The summed E-state index contributed by atoms with van der Waals surface area (Å²) in [5, 5.41) is 8.07. The summed E-state index contributed by atoms with van der Waals surface area (Å²) in [7, 11) is 0. The fourth-order valence-corrected chi connectivity index (χ4v) is 7.89. The van der Waals surface area contributed by atoms with Gasteiger partial charge in [0.1, 0.15) is 23.8 Å². The van der Waals surface area contributed by atoms with Crippen molar-refractivity contribution in [2.75, 3.05) is 49.1 Å². The van der Waals surface area contributed by atoms with Gasteiger partial charge in [-0.2, -0.15) is 5.10 Å². The number of hydrogen-bond acceptors (Lipinski definition) is 11. The van der Waals surface area contributed by atoms with Crippen LogP contribution >= 0.6 is 0 Å². The molecule has 2 aliphatic rings. The second-order valence-electron chi connectivity index (χ2n) is 17.5. The summed E-state index contributed by atoms with van der Waals surface area (Å²) < 4.78 is 11.5. The van der Waals surface area contributed by atoms with E-state index in [0.29, 0.717) is 29.9 Å². The minimum absolute atomic E-state index is 0.0733. The molecule has 296 valence electrons. The Bertz CT molecular complexity index is 1680. The first kappa shape index (κ1) is 41.1. The molecule has 54 heavy (non-hydrogen) atoms. The Labute approximate surface area is 323 Å². The fourth-order valence-electron chi connectivity index (χ4n) is 7.89. The third-order valence-corrected chi connectivity index (χ3v) is 10.3. The molecule has 1 unspecified atom stereocenters. The van der Waals surface area contributed by atoms with Crippen LogP contribution in [0, 0.1) is 10.8 Å². The number of esters is 2. The second kappa shape index (κ2) is 18.1. The lowest BCUT2D eigenvalue weighted by atomic mass is 9.90. The average Bonchev–Trinajstić information content (AvgIpc) is 3.89. The van der Waals surface area contributed by atoms with Crippen LogP contribution in [0.5, 0.6) is 0 Å². The van der Waals surface area contributed by atoms with E-state index in [-0.39, 0.29) is 35.5 Å². The number of anilines is 2. The molecule has 0 aliphatic carbocycles. The van der Waals surface area contributed by atoms with Crippen molar-refractivity contribution in [3.8, 4) is 0 Å². The quantitative estimate of drug-likeness (QED) is 0.155. The van der Waals surface area contributed by atoms with E-state index in [1.54, 1.807) is 6.20 Å². The molecule has 5 rings (SSSR count). The van der Waals surface area contributed by atoms with Gasteiger partial charge in [-0.25, -0.2) is 14.8 Å².